The van der Waals surface area contributed by atoms with Gasteiger partial charge in [0.15, 0.2) is 0 Å². The van der Waals surface area contributed by atoms with Crippen molar-refractivity contribution in [2.24, 2.45) is 0 Å². The van der Waals surface area contributed by atoms with Crippen LogP contribution >= 0.6 is 0 Å². The first-order chi connectivity index (χ1) is 16.1. The van der Waals surface area contributed by atoms with E-state index in [9.17, 15) is 4.79 Å². The number of carbonyl (C=O) groups is 1. The normalized spacial score (nSPS) is 14.8. The van der Waals surface area contributed by atoms with Crippen LogP contribution in [0.25, 0.3) is 16.9 Å². The van der Waals surface area contributed by atoms with Gasteiger partial charge in [0.05, 0.1) is 25.5 Å². The molecule has 1 saturated heterocycles. The number of nitrogens with zero attached hydrogens (tertiary/aromatic N) is 3. The average Bonchev–Trinajstić information content (AvgIpc) is 3.31. The number of piperidine rings is 1. The second-order valence-corrected chi connectivity index (χ2v) is 8.33. The lowest BCUT2D eigenvalue weighted by molar-refractivity contribution is 0.0912. The number of aromatic nitrogens is 2. The van der Waals surface area contributed by atoms with Gasteiger partial charge in [-0.3, -0.25) is 4.79 Å². The molecule has 0 radical (unpaired) electrons. The van der Waals surface area contributed by atoms with E-state index in [1.165, 1.54) is 0 Å². The highest BCUT2D eigenvalue weighted by atomic mass is 16.5. The first-order valence-electron chi connectivity index (χ1n) is 11.5. The highest BCUT2D eigenvalue weighted by molar-refractivity contribution is 6.00. The largest absolute Gasteiger partial charge is 0.497 e. The topological polar surface area (TPSA) is 68.6 Å². The molecule has 2 aromatic carbocycles. The van der Waals surface area contributed by atoms with Crippen molar-refractivity contribution in [3.8, 4) is 28.4 Å². The summed E-state index contributed by atoms with van der Waals surface area (Å²) in [4.78, 5) is 15.9. The maximum absolute atomic E-state index is 13.5. The average molecular weight is 449 g/mol. The van der Waals surface area contributed by atoms with E-state index in [0.717, 1.165) is 50.1 Å². The molecule has 3 aromatic rings. The van der Waals surface area contributed by atoms with Crippen molar-refractivity contribution in [3.63, 3.8) is 0 Å². The Hall–Kier alpha value is -3.32. The molecule has 0 aliphatic carbocycles. The number of methoxy groups -OCH3 is 2. The van der Waals surface area contributed by atoms with Gasteiger partial charge in [-0.05, 0) is 56.1 Å². The lowest BCUT2D eigenvalue weighted by Gasteiger charge is -2.32. The third-order valence-electron chi connectivity index (χ3n) is 6.10. The van der Waals surface area contributed by atoms with Gasteiger partial charge in [0.1, 0.15) is 17.2 Å². The predicted molar refractivity (Wildman–Crippen MR) is 129 cm³/mol. The molecule has 4 rings (SSSR count). The van der Waals surface area contributed by atoms with Gasteiger partial charge in [0.2, 0.25) is 0 Å². The van der Waals surface area contributed by atoms with Crippen LogP contribution in [0.1, 0.15) is 36.5 Å². The summed E-state index contributed by atoms with van der Waals surface area (Å²) < 4.78 is 12.8. The molecular formula is C26H32N4O3. The Morgan fingerprint density at radius 2 is 1.85 bits per heavy atom. The SMILES string of the molecule is CCCN1CCC(NC(=O)c2cn(-c3ccccc3)nc2-c2cc(OC)ccc2OC)CC1. The number of benzene rings is 2. The second-order valence-electron chi connectivity index (χ2n) is 8.33. The van der Waals surface area contributed by atoms with Crippen LogP contribution < -0.4 is 14.8 Å². The summed E-state index contributed by atoms with van der Waals surface area (Å²) in [5.74, 6) is 1.19. The fourth-order valence-corrected chi connectivity index (χ4v) is 4.33. The number of amides is 1. The second kappa shape index (κ2) is 10.5. The van der Waals surface area contributed by atoms with Gasteiger partial charge in [-0.1, -0.05) is 25.1 Å². The van der Waals surface area contributed by atoms with Crippen LogP contribution in [0.4, 0.5) is 0 Å². The molecule has 1 N–H and O–H groups in total. The molecule has 0 saturated carbocycles. The molecule has 0 unspecified atom stereocenters. The van der Waals surface area contributed by atoms with E-state index < -0.39 is 0 Å². The lowest BCUT2D eigenvalue weighted by atomic mass is 10.0. The quantitative estimate of drug-likeness (QED) is 0.560. The van der Waals surface area contributed by atoms with E-state index >= 15 is 0 Å². The summed E-state index contributed by atoms with van der Waals surface area (Å²) in [6.45, 7) is 5.34. The maximum atomic E-state index is 13.5. The fourth-order valence-electron chi connectivity index (χ4n) is 4.33. The molecule has 0 bridgehead atoms. The molecule has 33 heavy (non-hydrogen) atoms. The molecular weight excluding hydrogens is 416 g/mol. The summed E-state index contributed by atoms with van der Waals surface area (Å²) in [6, 6.07) is 15.5. The van der Waals surface area contributed by atoms with Crippen LogP contribution in [0.15, 0.2) is 54.7 Å². The maximum Gasteiger partial charge on any atom is 0.255 e. The lowest BCUT2D eigenvalue weighted by Crippen LogP contribution is -2.44. The Balaban J connectivity index is 1.67. The molecule has 1 aliphatic rings. The Morgan fingerprint density at radius 3 is 2.52 bits per heavy atom. The molecule has 1 aliphatic heterocycles. The Morgan fingerprint density at radius 1 is 1.09 bits per heavy atom. The number of likely N-dealkylation sites (tertiary alicyclic amines) is 1. The van der Waals surface area contributed by atoms with E-state index in [0.29, 0.717) is 22.8 Å². The molecule has 7 nitrogen and oxygen atoms in total. The van der Waals surface area contributed by atoms with Crippen molar-refractivity contribution in [1.29, 1.82) is 0 Å². The van der Waals surface area contributed by atoms with Crippen molar-refractivity contribution in [2.75, 3.05) is 33.9 Å². The van der Waals surface area contributed by atoms with Gasteiger partial charge >= 0.3 is 0 Å². The number of nitrogens with one attached hydrogen (secondary N) is 1. The molecule has 7 heteroatoms. The number of para-hydroxylation sites is 1. The predicted octanol–water partition coefficient (Wildman–Crippen LogP) is 4.16. The number of ether oxygens (including phenoxy) is 2. The number of hydrogen-bond acceptors (Lipinski definition) is 5. The van der Waals surface area contributed by atoms with Crippen LogP contribution in [0.3, 0.4) is 0 Å². The third kappa shape index (κ3) is 5.20. The van der Waals surface area contributed by atoms with E-state index in [1.54, 1.807) is 25.1 Å². The first kappa shape index (κ1) is 22.9. The van der Waals surface area contributed by atoms with Crippen molar-refractivity contribution in [2.45, 2.75) is 32.2 Å². The van der Waals surface area contributed by atoms with Crippen LogP contribution in [0, 0.1) is 0 Å². The molecule has 174 valence electrons. The van der Waals surface area contributed by atoms with Gasteiger partial charge in [-0.15, -0.1) is 0 Å². The van der Waals surface area contributed by atoms with Crippen LogP contribution in [-0.2, 0) is 0 Å². The van der Waals surface area contributed by atoms with Gasteiger partial charge in [-0.2, -0.15) is 5.10 Å². The molecule has 2 heterocycles. The van der Waals surface area contributed by atoms with Crippen molar-refractivity contribution < 1.29 is 14.3 Å². The minimum atomic E-state index is -0.119. The summed E-state index contributed by atoms with van der Waals surface area (Å²) >= 11 is 0. The highest BCUT2D eigenvalue weighted by Gasteiger charge is 2.25. The third-order valence-corrected chi connectivity index (χ3v) is 6.10. The molecule has 0 spiro atoms. The molecule has 1 aromatic heterocycles. The molecule has 1 amide bonds. The van der Waals surface area contributed by atoms with Crippen molar-refractivity contribution >= 4 is 5.91 Å². The fraction of sp³-hybridized carbons (Fsp3) is 0.385. The Labute approximate surface area is 195 Å². The Kier molecular flexibility index (Phi) is 7.29. The van der Waals surface area contributed by atoms with E-state index in [-0.39, 0.29) is 11.9 Å². The zero-order chi connectivity index (χ0) is 23.2. The number of carbonyl (C=O) groups excluding carboxylic acids is 1. The summed E-state index contributed by atoms with van der Waals surface area (Å²) in [5, 5.41) is 8.05. The van der Waals surface area contributed by atoms with Crippen LogP contribution in [0.5, 0.6) is 11.5 Å². The monoisotopic (exact) mass is 448 g/mol. The van der Waals surface area contributed by atoms with Crippen molar-refractivity contribution in [3.05, 3.63) is 60.3 Å². The minimum Gasteiger partial charge on any atom is -0.497 e. The summed E-state index contributed by atoms with van der Waals surface area (Å²) in [7, 11) is 3.23. The van der Waals surface area contributed by atoms with Crippen LogP contribution in [-0.4, -0.2) is 60.5 Å². The van der Waals surface area contributed by atoms with Crippen molar-refractivity contribution in [1.82, 2.24) is 20.0 Å². The van der Waals surface area contributed by atoms with E-state index in [4.69, 9.17) is 14.6 Å². The zero-order valence-corrected chi connectivity index (χ0v) is 19.6. The summed E-state index contributed by atoms with van der Waals surface area (Å²) in [6.07, 6.45) is 4.86. The van der Waals surface area contributed by atoms with E-state index in [2.05, 4.69) is 17.1 Å². The first-order valence-corrected chi connectivity index (χ1v) is 11.5. The van der Waals surface area contributed by atoms with Gasteiger partial charge in [0, 0.05) is 30.9 Å². The molecule has 1 fully saturated rings. The number of hydrogen-bond donors (Lipinski definition) is 1. The van der Waals surface area contributed by atoms with Crippen LogP contribution in [0.2, 0.25) is 0 Å². The minimum absolute atomic E-state index is 0.119. The van der Waals surface area contributed by atoms with Gasteiger partial charge in [0.25, 0.3) is 5.91 Å². The summed E-state index contributed by atoms with van der Waals surface area (Å²) in [5.41, 5.74) is 2.68. The Bertz CT molecular complexity index is 1070. The molecule has 0 atom stereocenters. The highest BCUT2D eigenvalue weighted by Crippen LogP contribution is 2.35. The number of rotatable bonds is 8. The van der Waals surface area contributed by atoms with E-state index in [1.807, 2.05) is 48.5 Å². The van der Waals surface area contributed by atoms with Gasteiger partial charge < -0.3 is 19.7 Å². The van der Waals surface area contributed by atoms with Gasteiger partial charge in [-0.25, -0.2) is 4.68 Å². The standard InChI is InChI=1S/C26H32N4O3/c1-4-14-29-15-12-19(13-16-29)27-26(31)23-18-30(20-8-6-5-7-9-20)28-25(23)22-17-21(32-2)10-11-24(22)33-3/h5-11,17-19H,4,12-16H2,1-3H3,(H,27,31). The zero-order valence-electron chi connectivity index (χ0n) is 19.6. The smallest absolute Gasteiger partial charge is 0.255 e.